The van der Waals surface area contributed by atoms with Crippen LogP contribution >= 0.6 is 0 Å². The maximum atomic E-state index is 11.0. The van der Waals surface area contributed by atoms with Crippen molar-refractivity contribution < 1.29 is 9.53 Å². The molecule has 1 saturated heterocycles. The Kier molecular flexibility index (Phi) is 4.02. The van der Waals surface area contributed by atoms with Crippen LogP contribution in [0.2, 0.25) is 0 Å². The zero-order chi connectivity index (χ0) is 14.7. The van der Waals surface area contributed by atoms with Crippen molar-refractivity contribution in [1.82, 2.24) is 4.90 Å². The van der Waals surface area contributed by atoms with Gasteiger partial charge in [-0.2, -0.15) is 0 Å². The highest BCUT2D eigenvalue weighted by atomic mass is 16.5. The highest BCUT2D eigenvalue weighted by molar-refractivity contribution is 5.66. The van der Waals surface area contributed by atoms with E-state index in [0.717, 1.165) is 6.54 Å². The molecule has 0 aliphatic carbocycles. The van der Waals surface area contributed by atoms with Crippen LogP contribution < -0.4 is 0 Å². The van der Waals surface area contributed by atoms with Crippen LogP contribution in [0.1, 0.15) is 24.1 Å². The first-order valence-corrected chi connectivity index (χ1v) is 7.23. The van der Waals surface area contributed by atoms with Gasteiger partial charge < -0.3 is 4.74 Å². The standard InChI is InChI=1S/C18H19NO2/c1-14(20)21-13-17-18(16-10-6-3-7-11-16)19(17)12-15-8-4-2-5-9-15/h2-11,17-18H,12-13H2,1H3/t17-,18-,19?/m1/s1. The second-order valence-electron chi connectivity index (χ2n) is 5.38. The molecule has 3 rings (SSSR count). The number of hydrogen-bond donors (Lipinski definition) is 0. The van der Waals surface area contributed by atoms with Crippen LogP contribution in [0.4, 0.5) is 0 Å². The molecule has 1 fully saturated rings. The lowest BCUT2D eigenvalue weighted by molar-refractivity contribution is -0.141. The van der Waals surface area contributed by atoms with E-state index >= 15 is 0 Å². The number of rotatable bonds is 5. The SMILES string of the molecule is CC(=O)OC[C@@H]1[C@@H](c2ccccc2)N1Cc1ccccc1. The zero-order valence-corrected chi connectivity index (χ0v) is 12.1. The van der Waals surface area contributed by atoms with Gasteiger partial charge in [0.2, 0.25) is 0 Å². The topological polar surface area (TPSA) is 29.3 Å². The molecule has 108 valence electrons. The Bertz CT molecular complexity index is 597. The molecule has 21 heavy (non-hydrogen) atoms. The Morgan fingerprint density at radius 3 is 2.29 bits per heavy atom. The summed E-state index contributed by atoms with van der Waals surface area (Å²) in [7, 11) is 0. The second kappa shape index (κ2) is 6.10. The van der Waals surface area contributed by atoms with Gasteiger partial charge in [0.05, 0.1) is 12.1 Å². The van der Waals surface area contributed by atoms with Gasteiger partial charge in [0, 0.05) is 13.5 Å². The monoisotopic (exact) mass is 281 g/mol. The maximum absolute atomic E-state index is 11.0. The molecule has 1 unspecified atom stereocenters. The Morgan fingerprint density at radius 1 is 1.05 bits per heavy atom. The molecule has 1 heterocycles. The van der Waals surface area contributed by atoms with Crippen LogP contribution in [0.3, 0.4) is 0 Å². The first kappa shape index (κ1) is 13.8. The van der Waals surface area contributed by atoms with Crippen molar-refractivity contribution in [2.75, 3.05) is 6.61 Å². The number of nitrogens with zero attached hydrogens (tertiary/aromatic N) is 1. The molecule has 0 amide bonds. The van der Waals surface area contributed by atoms with E-state index in [1.807, 2.05) is 12.1 Å². The van der Waals surface area contributed by atoms with E-state index in [0.29, 0.717) is 12.6 Å². The molecule has 1 aliphatic heterocycles. The van der Waals surface area contributed by atoms with Crippen molar-refractivity contribution in [2.45, 2.75) is 25.6 Å². The minimum Gasteiger partial charge on any atom is -0.464 e. The normalized spacial score (nSPS) is 23.6. The van der Waals surface area contributed by atoms with Crippen molar-refractivity contribution >= 4 is 5.97 Å². The van der Waals surface area contributed by atoms with Gasteiger partial charge in [0.1, 0.15) is 6.61 Å². The Hall–Kier alpha value is -2.13. The average molecular weight is 281 g/mol. The average Bonchev–Trinajstić information content (AvgIpc) is 3.19. The summed E-state index contributed by atoms with van der Waals surface area (Å²) in [6.45, 7) is 2.80. The van der Waals surface area contributed by atoms with E-state index in [9.17, 15) is 4.79 Å². The predicted octanol–water partition coefficient (Wildman–Crippen LogP) is 3.18. The van der Waals surface area contributed by atoms with Crippen LogP contribution in [-0.2, 0) is 16.1 Å². The third-order valence-corrected chi connectivity index (χ3v) is 3.86. The molecule has 2 aromatic rings. The van der Waals surface area contributed by atoms with Crippen molar-refractivity contribution in [3.05, 3.63) is 71.8 Å². The van der Waals surface area contributed by atoms with E-state index in [1.54, 1.807) is 0 Å². The summed E-state index contributed by atoms with van der Waals surface area (Å²) in [6, 6.07) is 21.4. The molecule has 2 aromatic carbocycles. The molecule has 0 bridgehead atoms. The summed E-state index contributed by atoms with van der Waals surface area (Å²) in [4.78, 5) is 13.4. The third kappa shape index (κ3) is 3.31. The molecule has 0 radical (unpaired) electrons. The van der Waals surface area contributed by atoms with Gasteiger partial charge in [-0.3, -0.25) is 9.69 Å². The summed E-state index contributed by atoms with van der Waals surface area (Å²) < 4.78 is 5.20. The number of carbonyl (C=O) groups is 1. The van der Waals surface area contributed by atoms with Gasteiger partial charge in [0.25, 0.3) is 0 Å². The largest absolute Gasteiger partial charge is 0.464 e. The van der Waals surface area contributed by atoms with Crippen LogP contribution in [-0.4, -0.2) is 23.5 Å². The van der Waals surface area contributed by atoms with E-state index in [4.69, 9.17) is 4.74 Å². The zero-order valence-electron chi connectivity index (χ0n) is 12.1. The number of benzene rings is 2. The lowest BCUT2D eigenvalue weighted by Crippen LogP contribution is -2.11. The molecule has 3 heteroatoms. The first-order chi connectivity index (χ1) is 10.3. The van der Waals surface area contributed by atoms with Crippen molar-refractivity contribution in [1.29, 1.82) is 0 Å². The van der Waals surface area contributed by atoms with Crippen LogP contribution in [0.15, 0.2) is 60.7 Å². The molecule has 0 saturated carbocycles. The molecule has 1 aliphatic rings. The van der Waals surface area contributed by atoms with Gasteiger partial charge in [-0.05, 0) is 11.1 Å². The molecule has 3 nitrogen and oxygen atoms in total. The fourth-order valence-electron chi connectivity index (χ4n) is 2.79. The van der Waals surface area contributed by atoms with Crippen molar-refractivity contribution in [2.24, 2.45) is 0 Å². The third-order valence-electron chi connectivity index (χ3n) is 3.86. The highest BCUT2D eigenvalue weighted by Crippen LogP contribution is 2.44. The Balaban J connectivity index is 1.72. The number of ether oxygens (including phenoxy) is 1. The summed E-state index contributed by atoms with van der Waals surface area (Å²) >= 11 is 0. The molecule has 0 aromatic heterocycles. The minimum absolute atomic E-state index is 0.214. The fourth-order valence-corrected chi connectivity index (χ4v) is 2.79. The summed E-state index contributed by atoms with van der Waals surface area (Å²) in [5.41, 5.74) is 2.56. The Morgan fingerprint density at radius 2 is 1.67 bits per heavy atom. The van der Waals surface area contributed by atoms with E-state index in [2.05, 4.69) is 53.4 Å². The lowest BCUT2D eigenvalue weighted by Gasteiger charge is -2.04. The van der Waals surface area contributed by atoms with Crippen LogP contribution in [0.5, 0.6) is 0 Å². The number of hydrogen-bond acceptors (Lipinski definition) is 3. The van der Waals surface area contributed by atoms with Crippen molar-refractivity contribution in [3.8, 4) is 0 Å². The molecule has 3 atom stereocenters. The van der Waals surface area contributed by atoms with Crippen LogP contribution in [0.25, 0.3) is 0 Å². The smallest absolute Gasteiger partial charge is 0.302 e. The highest BCUT2D eigenvalue weighted by Gasteiger charge is 2.48. The van der Waals surface area contributed by atoms with Gasteiger partial charge in [-0.25, -0.2) is 0 Å². The Labute approximate surface area is 125 Å². The fraction of sp³-hybridized carbons (Fsp3) is 0.278. The van der Waals surface area contributed by atoms with Gasteiger partial charge in [-0.15, -0.1) is 0 Å². The molecule has 0 spiro atoms. The van der Waals surface area contributed by atoms with E-state index in [1.165, 1.54) is 18.1 Å². The minimum atomic E-state index is -0.214. The summed E-state index contributed by atoms with van der Waals surface area (Å²) in [5.74, 6) is -0.214. The van der Waals surface area contributed by atoms with E-state index in [-0.39, 0.29) is 12.0 Å². The predicted molar refractivity (Wildman–Crippen MR) is 81.6 cm³/mol. The van der Waals surface area contributed by atoms with Crippen LogP contribution in [0, 0.1) is 0 Å². The maximum Gasteiger partial charge on any atom is 0.302 e. The molecule has 0 N–H and O–H groups in total. The summed E-state index contributed by atoms with van der Waals surface area (Å²) in [5, 5.41) is 0. The number of carbonyl (C=O) groups excluding carboxylic acids is 1. The molecular weight excluding hydrogens is 262 g/mol. The second-order valence-corrected chi connectivity index (χ2v) is 5.38. The molecular formula is C18H19NO2. The number of esters is 1. The van der Waals surface area contributed by atoms with Gasteiger partial charge >= 0.3 is 5.97 Å². The van der Waals surface area contributed by atoms with Gasteiger partial charge in [-0.1, -0.05) is 60.7 Å². The lowest BCUT2D eigenvalue weighted by atomic mass is 10.1. The first-order valence-electron chi connectivity index (χ1n) is 7.23. The van der Waals surface area contributed by atoms with Gasteiger partial charge in [0.15, 0.2) is 0 Å². The summed E-state index contributed by atoms with van der Waals surface area (Å²) in [6.07, 6.45) is 0. The van der Waals surface area contributed by atoms with E-state index < -0.39 is 0 Å². The van der Waals surface area contributed by atoms with Crippen molar-refractivity contribution in [3.63, 3.8) is 0 Å². The quantitative estimate of drug-likeness (QED) is 0.622.